The highest BCUT2D eigenvalue weighted by molar-refractivity contribution is 7.98. The lowest BCUT2D eigenvalue weighted by Gasteiger charge is -2.16. The molecule has 2 aromatic rings. The van der Waals surface area contributed by atoms with E-state index in [9.17, 15) is 0 Å². The first-order chi connectivity index (χ1) is 9.29. The first kappa shape index (κ1) is 13.2. The largest absolute Gasteiger partial charge is 0.309 e. The molecule has 0 saturated carbocycles. The Labute approximate surface area is 122 Å². The Morgan fingerprint density at radius 1 is 1.42 bits per heavy atom. The third kappa shape index (κ3) is 2.57. The Kier molecular flexibility index (Phi) is 3.91. The second-order valence-electron chi connectivity index (χ2n) is 4.85. The molecule has 0 aliphatic carbocycles. The van der Waals surface area contributed by atoms with Gasteiger partial charge in [-0.25, -0.2) is 0 Å². The number of nitrogens with zero attached hydrogens (tertiary/aromatic N) is 1. The van der Waals surface area contributed by atoms with Gasteiger partial charge in [0.25, 0.3) is 0 Å². The second kappa shape index (κ2) is 5.65. The molecule has 2 aromatic heterocycles. The molecule has 1 unspecified atom stereocenters. The van der Waals surface area contributed by atoms with Crippen molar-refractivity contribution in [3.8, 4) is 0 Å². The van der Waals surface area contributed by atoms with Gasteiger partial charge >= 0.3 is 0 Å². The second-order valence-corrected chi connectivity index (χ2v) is 7.13. The molecule has 4 heteroatoms. The molecule has 3 heterocycles. The van der Waals surface area contributed by atoms with Gasteiger partial charge in [-0.2, -0.15) is 11.8 Å². The van der Waals surface area contributed by atoms with Crippen LogP contribution in [0.3, 0.4) is 0 Å². The van der Waals surface area contributed by atoms with Crippen LogP contribution in [0, 0.1) is 6.92 Å². The van der Waals surface area contributed by atoms with Crippen molar-refractivity contribution >= 4 is 23.1 Å². The molecule has 19 heavy (non-hydrogen) atoms. The van der Waals surface area contributed by atoms with E-state index in [-0.39, 0.29) is 6.04 Å². The van der Waals surface area contributed by atoms with E-state index in [4.69, 9.17) is 0 Å². The van der Waals surface area contributed by atoms with Gasteiger partial charge in [0.15, 0.2) is 0 Å². The molecule has 0 aromatic carbocycles. The van der Waals surface area contributed by atoms with Crippen LogP contribution in [-0.2, 0) is 12.2 Å². The molecule has 0 radical (unpaired) electrons. The van der Waals surface area contributed by atoms with Crippen LogP contribution in [0.25, 0.3) is 0 Å². The van der Waals surface area contributed by atoms with Gasteiger partial charge in [-0.15, -0.1) is 11.3 Å². The topological polar surface area (TPSA) is 24.9 Å². The van der Waals surface area contributed by atoms with Crippen LogP contribution < -0.4 is 5.32 Å². The highest BCUT2D eigenvalue weighted by Gasteiger charge is 2.20. The van der Waals surface area contributed by atoms with E-state index in [1.54, 1.807) is 4.88 Å². The fourth-order valence-corrected chi connectivity index (χ4v) is 5.05. The average Bonchev–Trinajstić information content (AvgIpc) is 2.85. The summed E-state index contributed by atoms with van der Waals surface area (Å²) in [6.45, 7) is 2.16. The molecule has 1 N–H and O–H groups in total. The van der Waals surface area contributed by atoms with E-state index in [1.807, 2.05) is 42.5 Å². The SMILES string of the molecule is CNC(c1cc2c(s1)CCSC2)c1cnccc1C. The van der Waals surface area contributed by atoms with Crippen molar-refractivity contribution in [1.82, 2.24) is 10.3 Å². The Morgan fingerprint density at radius 2 is 2.32 bits per heavy atom. The normalized spacial score (nSPS) is 16.1. The maximum atomic E-state index is 4.28. The van der Waals surface area contributed by atoms with Gasteiger partial charge in [-0.05, 0) is 55.0 Å². The minimum absolute atomic E-state index is 0.272. The number of nitrogens with one attached hydrogen (secondary N) is 1. The number of hydrogen-bond donors (Lipinski definition) is 1. The Bertz CT molecular complexity index is 554. The Hall–Kier alpha value is -0.840. The number of thioether (sulfide) groups is 1. The summed E-state index contributed by atoms with van der Waals surface area (Å²) in [5.74, 6) is 2.44. The molecule has 0 spiro atoms. The van der Waals surface area contributed by atoms with Crippen molar-refractivity contribution in [3.63, 3.8) is 0 Å². The molecule has 0 amide bonds. The minimum atomic E-state index is 0.272. The first-order valence-corrected chi connectivity index (χ1v) is 8.53. The van der Waals surface area contributed by atoms with E-state index in [2.05, 4.69) is 29.4 Å². The zero-order valence-electron chi connectivity index (χ0n) is 11.3. The fraction of sp³-hybridized carbons (Fsp3) is 0.400. The van der Waals surface area contributed by atoms with Gasteiger partial charge in [0, 0.05) is 27.9 Å². The minimum Gasteiger partial charge on any atom is -0.309 e. The first-order valence-electron chi connectivity index (χ1n) is 6.56. The highest BCUT2D eigenvalue weighted by atomic mass is 32.2. The summed E-state index contributed by atoms with van der Waals surface area (Å²) in [6.07, 6.45) is 5.08. The standard InChI is InChI=1S/C15H18N2S2/c1-10-3-5-17-8-12(10)15(16-2)14-7-11-9-18-6-4-13(11)19-14/h3,5,7-8,15-16H,4,6,9H2,1-2H3. The van der Waals surface area contributed by atoms with Crippen molar-refractivity contribution in [2.45, 2.75) is 25.1 Å². The molecule has 1 aliphatic rings. The van der Waals surface area contributed by atoms with Gasteiger partial charge < -0.3 is 5.32 Å². The van der Waals surface area contributed by atoms with Crippen molar-refractivity contribution in [2.75, 3.05) is 12.8 Å². The molecule has 0 fully saturated rings. The van der Waals surface area contributed by atoms with Gasteiger partial charge in [0.2, 0.25) is 0 Å². The lowest BCUT2D eigenvalue weighted by Crippen LogP contribution is -2.17. The van der Waals surface area contributed by atoms with Gasteiger partial charge in [0.1, 0.15) is 0 Å². The zero-order valence-corrected chi connectivity index (χ0v) is 12.9. The van der Waals surface area contributed by atoms with E-state index in [0.29, 0.717) is 0 Å². The molecular weight excluding hydrogens is 272 g/mol. The number of fused-ring (bicyclic) bond motifs is 1. The molecule has 2 nitrogen and oxygen atoms in total. The quantitative estimate of drug-likeness (QED) is 0.936. The van der Waals surface area contributed by atoms with Crippen molar-refractivity contribution in [1.29, 1.82) is 0 Å². The lowest BCUT2D eigenvalue weighted by atomic mass is 10.0. The van der Waals surface area contributed by atoms with E-state index < -0.39 is 0 Å². The maximum absolute atomic E-state index is 4.28. The number of thiophene rings is 1. The number of aryl methyl sites for hydroxylation is 2. The number of rotatable bonds is 3. The third-order valence-electron chi connectivity index (χ3n) is 3.61. The van der Waals surface area contributed by atoms with Crippen molar-refractivity contribution in [2.24, 2.45) is 0 Å². The molecular formula is C15H18N2S2. The predicted molar refractivity (Wildman–Crippen MR) is 84.1 cm³/mol. The van der Waals surface area contributed by atoms with Gasteiger partial charge in [-0.3, -0.25) is 4.98 Å². The summed E-state index contributed by atoms with van der Waals surface area (Å²) >= 11 is 4.01. The molecule has 1 aliphatic heterocycles. The van der Waals surface area contributed by atoms with E-state index in [1.165, 1.54) is 39.5 Å². The monoisotopic (exact) mass is 290 g/mol. The Morgan fingerprint density at radius 3 is 3.05 bits per heavy atom. The highest BCUT2D eigenvalue weighted by Crippen LogP contribution is 2.36. The summed E-state index contributed by atoms with van der Waals surface area (Å²) in [7, 11) is 2.03. The summed E-state index contributed by atoms with van der Waals surface area (Å²) in [6, 6.07) is 4.75. The average molecular weight is 290 g/mol. The number of hydrogen-bond acceptors (Lipinski definition) is 4. The molecule has 100 valence electrons. The van der Waals surface area contributed by atoms with Crippen LogP contribution in [-0.4, -0.2) is 17.8 Å². The number of aromatic nitrogens is 1. The van der Waals surface area contributed by atoms with Crippen LogP contribution in [0.1, 0.15) is 32.5 Å². The predicted octanol–water partition coefficient (Wildman–Crippen LogP) is 3.55. The van der Waals surface area contributed by atoms with E-state index >= 15 is 0 Å². The van der Waals surface area contributed by atoms with Crippen molar-refractivity contribution in [3.05, 3.63) is 51.0 Å². The molecule has 0 bridgehead atoms. The number of pyridine rings is 1. The van der Waals surface area contributed by atoms with Crippen LogP contribution in [0.4, 0.5) is 0 Å². The zero-order chi connectivity index (χ0) is 13.2. The Balaban J connectivity index is 1.98. The van der Waals surface area contributed by atoms with Gasteiger partial charge in [0.05, 0.1) is 6.04 Å². The fourth-order valence-electron chi connectivity index (χ4n) is 2.54. The van der Waals surface area contributed by atoms with Crippen LogP contribution in [0.2, 0.25) is 0 Å². The lowest BCUT2D eigenvalue weighted by molar-refractivity contribution is 0.695. The third-order valence-corrected chi connectivity index (χ3v) is 5.92. The maximum Gasteiger partial charge on any atom is 0.0686 e. The van der Waals surface area contributed by atoms with Crippen molar-refractivity contribution < 1.29 is 0 Å². The summed E-state index contributed by atoms with van der Waals surface area (Å²) in [5, 5.41) is 3.45. The van der Waals surface area contributed by atoms with Crippen LogP contribution >= 0.6 is 23.1 Å². The smallest absolute Gasteiger partial charge is 0.0686 e. The van der Waals surface area contributed by atoms with Gasteiger partial charge in [-0.1, -0.05) is 0 Å². The molecule has 0 saturated heterocycles. The molecule has 3 rings (SSSR count). The van der Waals surface area contributed by atoms with Crippen LogP contribution in [0.5, 0.6) is 0 Å². The summed E-state index contributed by atoms with van der Waals surface area (Å²) in [5.41, 5.74) is 4.13. The summed E-state index contributed by atoms with van der Waals surface area (Å²) in [4.78, 5) is 7.28. The summed E-state index contributed by atoms with van der Waals surface area (Å²) < 4.78 is 0. The van der Waals surface area contributed by atoms with Crippen LogP contribution in [0.15, 0.2) is 24.5 Å². The van der Waals surface area contributed by atoms with E-state index in [0.717, 1.165) is 0 Å². The molecule has 1 atom stereocenters.